The third kappa shape index (κ3) is 22.5. The van der Waals surface area contributed by atoms with Crippen LogP contribution in [0.4, 0.5) is 0 Å². The largest absolute Gasteiger partial charge is 0.436 e. The molecule has 0 heterocycles. The Morgan fingerprint density at radius 1 is 0.656 bits per heavy atom. The summed E-state index contributed by atoms with van der Waals surface area (Å²) in [6.45, 7) is 27.4. The topological polar surface area (TPSA) is 46.2 Å². The van der Waals surface area contributed by atoms with Crippen LogP contribution < -0.4 is 0 Å². The van der Waals surface area contributed by atoms with Crippen molar-refractivity contribution in [1.82, 2.24) is 0 Å². The third-order valence-corrected chi connectivity index (χ3v) is 15.4. The molecule has 0 bridgehead atoms. The lowest BCUT2D eigenvalue weighted by Crippen LogP contribution is -2.57. The highest BCUT2D eigenvalue weighted by molar-refractivity contribution is 6.82. The Morgan fingerprint density at radius 2 is 1.09 bits per heavy atom. The lowest BCUT2D eigenvalue weighted by Gasteiger charge is -2.45. The van der Waals surface area contributed by atoms with E-state index >= 15 is 0 Å². The Hall–Kier alpha value is 0.668. The molecule has 9 heteroatoms. The molecule has 0 saturated carbocycles. The van der Waals surface area contributed by atoms with Crippen molar-refractivity contribution >= 4 is 33.8 Å². The molecule has 0 aliphatic heterocycles. The van der Waals surface area contributed by atoms with Crippen molar-refractivity contribution in [2.24, 2.45) is 0 Å². The summed E-state index contributed by atoms with van der Waals surface area (Å²) >= 11 is 0. The van der Waals surface area contributed by atoms with Crippen LogP contribution >= 0.6 is 0 Å². The zero-order valence-electron chi connectivity index (χ0n) is 20.1. The van der Waals surface area contributed by atoms with Crippen molar-refractivity contribution in [3.63, 3.8) is 0 Å². The van der Waals surface area contributed by atoms with Crippen LogP contribution in [-0.2, 0) is 21.8 Å². The molecule has 0 amide bonds. The molecule has 0 aromatic heterocycles. The van der Waals surface area contributed by atoms with Gasteiger partial charge in [-0.3, -0.25) is 0 Å². The maximum absolute atomic E-state index is 6.73. The molecule has 2 unspecified atom stereocenters. The van der Waals surface area contributed by atoms with E-state index in [1.54, 1.807) is 0 Å². The second kappa shape index (κ2) is 18.0. The van der Waals surface area contributed by atoms with Gasteiger partial charge in [0.25, 0.3) is 0 Å². The van der Waals surface area contributed by atoms with E-state index in [4.69, 9.17) is 21.8 Å². The van der Waals surface area contributed by atoms with Gasteiger partial charge in [-0.05, 0) is 91.7 Å². The molecule has 204 valence electrons. The molecule has 0 spiro atoms. The van der Waals surface area contributed by atoms with Gasteiger partial charge in [0.15, 0.2) is 16.6 Å². The van der Waals surface area contributed by atoms with Gasteiger partial charge in [-0.15, -0.1) is 0 Å². The maximum Gasteiger partial charge on any atom is 0.326 e. The van der Waals surface area contributed by atoms with E-state index in [0.717, 1.165) is 32.1 Å². The normalized spacial score (nSPS) is 15.4. The van der Waals surface area contributed by atoms with Gasteiger partial charge in [0.1, 0.15) is 5.79 Å². The van der Waals surface area contributed by atoms with Crippen LogP contribution in [0.1, 0.15) is 70.7 Å². The van der Waals surface area contributed by atoms with Crippen molar-refractivity contribution in [2.45, 2.75) is 142 Å². The van der Waals surface area contributed by atoms with E-state index in [9.17, 15) is 0 Å². The maximum atomic E-state index is 6.73. The van der Waals surface area contributed by atoms with Crippen molar-refractivity contribution in [2.75, 3.05) is 13.2 Å². The lowest BCUT2D eigenvalue weighted by molar-refractivity contribution is -0.132. The molecular formula is C23H66O5Si4. The summed E-state index contributed by atoms with van der Waals surface area (Å²) in [7, 11) is -8.15. The summed E-state index contributed by atoms with van der Waals surface area (Å²) in [5.74, 6) is -0.679. The van der Waals surface area contributed by atoms with Crippen molar-refractivity contribution in [3.05, 3.63) is 0 Å². The van der Waals surface area contributed by atoms with Crippen LogP contribution in [0.2, 0.25) is 65.0 Å². The SMILES string of the molecule is C.C.C.C.C.CCOCCC[Si](C)(OC(C)(CC)O[Si](C)(C)O[Si](C)(C)C)O[Si](C)(C)C. The Labute approximate surface area is 210 Å². The van der Waals surface area contributed by atoms with Crippen LogP contribution in [0.5, 0.6) is 0 Å². The quantitative estimate of drug-likeness (QED) is 0.126. The van der Waals surface area contributed by atoms with Crippen molar-refractivity contribution in [1.29, 1.82) is 0 Å². The molecule has 2 atom stereocenters. The second-order valence-electron chi connectivity index (χ2n) is 9.95. The van der Waals surface area contributed by atoms with Gasteiger partial charge >= 0.3 is 17.1 Å². The summed E-state index contributed by atoms with van der Waals surface area (Å²) in [6.07, 6.45) is 1.72. The average molecular weight is 535 g/mol. The second-order valence-corrected chi connectivity index (χ2v) is 26.0. The average Bonchev–Trinajstić information content (AvgIpc) is 2.37. The molecule has 0 radical (unpaired) electrons. The minimum atomic E-state index is -2.41. The van der Waals surface area contributed by atoms with Crippen molar-refractivity contribution in [3.8, 4) is 0 Å². The number of hydrogen-bond acceptors (Lipinski definition) is 5. The molecule has 0 aliphatic rings. The molecule has 0 aliphatic carbocycles. The first-order valence-electron chi connectivity index (χ1n) is 10.3. The van der Waals surface area contributed by atoms with Gasteiger partial charge in [0, 0.05) is 13.2 Å². The molecule has 0 N–H and O–H groups in total. The van der Waals surface area contributed by atoms with Gasteiger partial charge in [-0.2, -0.15) is 0 Å². The Kier molecular flexibility index (Phi) is 25.9. The summed E-state index contributed by atoms with van der Waals surface area (Å²) in [4.78, 5) is 0. The first-order chi connectivity index (χ1) is 11.9. The molecule has 0 saturated heterocycles. The number of hydrogen-bond donors (Lipinski definition) is 0. The molecular weight excluding hydrogens is 469 g/mol. The first-order valence-corrected chi connectivity index (χ1v) is 22.5. The van der Waals surface area contributed by atoms with Gasteiger partial charge in [-0.25, -0.2) is 0 Å². The molecule has 0 aromatic carbocycles. The molecule has 32 heavy (non-hydrogen) atoms. The van der Waals surface area contributed by atoms with Gasteiger partial charge in [-0.1, -0.05) is 44.1 Å². The Morgan fingerprint density at radius 3 is 1.44 bits per heavy atom. The summed E-state index contributed by atoms with van der Waals surface area (Å²) < 4.78 is 31.8. The van der Waals surface area contributed by atoms with Crippen LogP contribution in [0.25, 0.3) is 0 Å². The first kappa shape index (κ1) is 46.1. The highest BCUT2D eigenvalue weighted by Gasteiger charge is 2.46. The minimum Gasteiger partial charge on any atom is -0.436 e. The van der Waals surface area contributed by atoms with E-state index in [2.05, 4.69) is 72.8 Å². The van der Waals surface area contributed by atoms with Crippen molar-refractivity contribution < 1.29 is 21.8 Å². The fourth-order valence-electron chi connectivity index (χ4n) is 3.31. The van der Waals surface area contributed by atoms with Crippen LogP contribution in [0.3, 0.4) is 0 Å². The molecule has 0 fully saturated rings. The van der Waals surface area contributed by atoms with Crippen LogP contribution in [0, 0.1) is 0 Å². The number of rotatable bonds is 14. The highest BCUT2D eigenvalue weighted by atomic mass is 28.4. The molecule has 0 rings (SSSR count). The molecule has 0 aromatic rings. The highest BCUT2D eigenvalue weighted by Crippen LogP contribution is 2.32. The van der Waals surface area contributed by atoms with E-state index in [1.165, 1.54) is 0 Å². The summed E-state index contributed by atoms with van der Waals surface area (Å²) in [5.41, 5.74) is 0. The van der Waals surface area contributed by atoms with Gasteiger partial charge in [0.05, 0.1) is 0 Å². The van der Waals surface area contributed by atoms with Gasteiger partial charge < -0.3 is 21.8 Å². The zero-order chi connectivity index (χ0) is 21.6. The van der Waals surface area contributed by atoms with Crippen LogP contribution in [-0.4, -0.2) is 52.8 Å². The zero-order valence-corrected chi connectivity index (χ0v) is 24.1. The van der Waals surface area contributed by atoms with E-state index in [1.807, 2.05) is 6.92 Å². The Balaban J connectivity index is -0.000000338. The van der Waals surface area contributed by atoms with E-state index < -0.39 is 39.5 Å². The standard InChI is InChI=1S/C18H46O5Si4.5CH4/c1-13-18(3,20-26(10,11)22-24(4,5)6)21-27(12,23-25(7,8)9)17-15-16-19-14-2;;;;;/h13-17H2,1-12H3;5*1H4. The predicted molar refractivity (Wildman–Crippen MR) is 158 cm³/mol. The lowest BCUT2D eigenvalue weighted by atomic mass is 10.3. The minimum absolute atomic E-state index is 0. The molecule has 5 nitrogen and oxygen atoms in total. The fraction of sp³-hybridized carbons (Fsp3) is 1.00. The van der Waals surface area contributed by atoms with Crippen LogP contribution in [0.15, 0.2) is 0 Å². The summed E-state index contributed by atoms with van der Waals surface area (Å²) in [6, 6.07) is 0.910. The predicted octanol–water partition coefficient (Wildman–Crippen LogP) is 9.23. The third-order valence-electron chi connectivity index (χ3n) is 3.73. The summed E-state index contributed by atoms with van der Waals surface area (Å²) in [5, 5.41) is 0. The van der Waals surface area contributed by atoms with E-state index in [-0.39, 0.29) is 37.1 Å². The van der Waals surface area contributed by atoms with E-state index in [0.29, 0.717) is 0 Å². The monoisotopic (exact) mass is 534 g/mol. The fourth-order valence-corrected chi connectivity index (χ4v) is 18.4. The number of ether oxygens (including phenoxy) is 1. The smallest absolute Gasteiger partial charge is 0.326 e. The van der Waals surface area contributed by atoms with Gasteiger partial charge in [0.2, 0.25) is 0 Å². The Bertz CT molecular complexity index is 439.